The molecule has 0 radical (unpaired) electrons. The molecule has 1 atom stereocenters. The third-order valence-corrected chi connectivity index (χ3v) is 5.97. The van der Waals surface area contributed by atoms with Gasteiger partial charge in [-0.25, -0.2) is 4.99 Å². The van der Waals surface area contributed by atoms with E-state index in [2.05, 4.69) is 9.98 Å². The number of pyridine rings is 1. The molecule has 1 fully saturated rings. The van der Waals surface area contributed by atoms with Gasteiger partial charge in [0.15, 0.2) is 11.4 Å². The number of ketones is 1. The molecular formula is C19H15N3O2S. The second-order valence-electron chi connectivity index (χ2n) is 6.52. The van der Waals surface area contributed by atoms with Gasteiger partial charge >= 0.3 is 0 Å². The van der Waals surface area contributed by atoms with Gasteiger partial charge in [-0.1, -0.05) is 11.6 Å². The molecular weight excluding hydrogens is 334 g/mol. The van der Waals surface area contributed by atoms with Crippen LogP contribution in [0.25, 0.3) is 10.2 Å². The van der Waals surface area contributed by atoms with Crippen LogP contribution in [0.4, 0.5) is 10.7 Å². The number of rotatable bonds is 1. The molecule has 2 aliphatic heterocycles. The van der Waals surface area contributed by atoms with Crippen molar-refractivity contribution in [3.8, 4) is 0 Å². The summed E-state index contributed by atoms with van der Waals surface area (Å²) in [5, 5.41) is 12.0. The lowest BCUT2D eigenvalue weighted by molar-refractivity contribution is 0.0602. The Morgan fingerprint density at radius 3 is 3.00 bits per heavy atom. The highest BCUT2D eigenvalue weighted by Gasteiger charge is 2.52. The van der Waals surface area contributed by atoms with Crippen LogP contribution in [0.15, 0.2) is 47.6 Å². The van der Waals surface area contributed by atoms with Crippen molar-refractivity contribution in [2.45, 2.75) is 18.9 Å². The van der Waals surface area contributed by atoms with E-state index >= 15 is 0 Å². The number of hydrogen-bond donors (Lipinski definition) is 1. The lowest BCUT2D eigenvalue weighted by Crippen LogP contribution is -2.48. The maximum absolute atomic E-state index is 13.0. The van der Waals surface area contributed by atoms with Gasteiger partial charge in [-0.15, -0.1) is 11.3 Å². The highest BCUT2D eigenvalue weighted by atomic mass is 32.1. The number of thiophene rings is 1. The van der Waals surface area contributed by atoms with Crippen LogP contribution >= 0.6 is 11.3 Å². The van der Waals surface area contributed by atoms with Gasteiger partial charge < -0.3 is 10.0 Å². The number of aliphatic imine (C=N–C) groups is 1. The molecule has 3 aromatic rings. The van der Waals surface area contributed by atoms with E-state index in [1.165, 1.54) is 0 Å². The summed E-state index contributed by atoms with van der Waals surface area (Å²) < 4.78 is 1.08. The standard InChI is InChI=1S/C19H15N3O2S/c1-11-4-5-13-12(9-11)17(23)19(24)6-8-22(18(19)21-13)16-10-14-15(25-16)3-2-7-20-14/h2-5,7,9-10,24H,6,8H2,1H3/t19-/m1/s1. The summed E-state index contributed by atoms with van der Waals surface area (Å²) in [5.74, 6) is 0.179. The number of aliphatic hydroxyl groups is 1. The quantitative estimate of drug-likeness (QED) is 0.730. The normalized spacial score (nSPS) is 22.1. The average molecular weight is 349 g/mol. The number of nitrogens with zero attached hydrogens (tertiary/aromatic N) is 3. The maximum atomic E-state index is 13.0. The monoisotopic (exact) mass is 349 g/mol. The van der Waals surface area contributed by atoms with Crippen molar-refractivity contribution in [1.82, 2.24) is 4.98 Å². The fraction of sp³-hybridized carbons (Fsp3) is 0.211. The number of aromatic nitrogens is 1. The van der Waals surface area contributed by atoms with E-state index in [1.807, 2.05) is 48.2 Å². The first-order valence-electron chi connectivity index (χ1n) is 8.15. The number of carbonyl (C=O) groups is 1. The summed E-state index contributed by atoms with van der Waals surface area (Å²) in [6.07, 6.45) is 2.11. The summed E-state index contributed by atoms with van der Waals surface area (Å²) in [6, 6.07) is 11.5. The van der Waals surface area contributed by atoms with Crippen molar-refractivity contribution >= 4 is 43.9 Å². The minimum atomic E-state index is -1.54. The molecule has 1 N–H and O–H groups in total. The molecule has 0 amide bonds. The Morgan fingerprint density at radius 1 is 1.28 bits per heavy atom. The average Bonchev–Trinajstić information content (AvgIpc) is 3.17. The molecule has 1 saturated heterocycles. The highest BCUT2D eigenvalue weighted by molar-refractivity contribution is 7.23. The van der Waals surface area contributed by atoms with Crippen molar-refractivity contribution in [1.29, 1.82) is 0 Å². The maximum Gasteiger partial charge on any atom is 0.204 e. The number of amidine groups is 1. The molecule has 2 aliphatic rings. The predicted molar refractivity (Wildman–Crippen MR) is 99.1 cm³/mol. The number of anilines is 1. The molecule has 0 aliphatic carbocycles. The van der Waals surface area contributed by atoms with Crippen LogP contribution in [0, 0.1) is 6.92 Å². The van der Waals surface area contributed by atoms with Crippen LogP contribution < -0.4 is 4.90 Å². The van der Waals surface area contributed by atoms with Gasteiger partial charge in [0.2, 0.25) is 5.78 Å². The second kappa shape index (κ2) is 4.97. The molecule has 6 heteroatoms. The lowest BCUT2D eigenvalue weighted by atomic mass is 9.87. The van der Waals surface area contributed by atoms with Crippen LogP contribution in [0.1, 0.15) is 22.3 Å². The van der Waals surface area contributed by atoms with Crippen LogP contribution in [-0.4, -0.2) is 33.9 Å². The van der Waals surface area contributed by atoms with Gasteiger partial charge in [0.1, 0.15) is 0 Å². The summed E-state index contributed by atoms with van der Waals surface area (Å²) in [5.41, 5.74) is 1.49. The minimum absolute atomic E-state index is 0.252. The molecule has 25 heavy (non-hydrogen) atoms. The first kappa shape index (κ1) is 14.7. The largest absolute Gasteiger partial charge is 0.374 e. The van der Waals surface area contributed by atoms with Gasteiger partial charge in [-0.2, -0.15) is 0 Å². The summed E-state index contributed by atoms with van der Waals surface area (Å²) in [7, 11) is 0. The van der Waals surface area contributed by atoms with Crippen molar-refractivity contribution < 1.29 is 9.90 Å². The summed E-state index contributed by atoms with van der Waals surface area (Å²) in [4.78, 5) is 23.9. The van der Waals surface area contributed by atoms with Crippen LogP contribution in [0.3, 0.4) is 0 Å². The van der Waals surface area contributed by atoms with Gasteiger partial charge in [0.05, 0.1) is 20.9 Å². The van der Waals surface area contributed by atoms with E-state index in [0.717, 1.165) is 20.8 Å². The third-order valence-electron chi connectivity index (χ3n) is 4.86. The fourth-order valence-corrected chi connectivity index (χ4v) is 4.60. The number of benzene rings is 1. The Bertz CT molecular complexity index is 1040. The van der Waals surface area contributed by atoms with E-state index < -0.39 is 5.60 Å². The number of hydrogen-bond acceptors (Lipinski definition) is 6. The van der Waals surface area contributed by atoms with Crippen LogP contribution in [0.5, 0.6) is 0 Å². The molecule has 4 heterocycles. The Hall–Kier alpha value is -2.57. The van der Waals surface area contributed by atoms with E-state index in [0.29, 0.717) is 30.1 Å². The number of carbonyl (C=O) groups excluding carboxylic acids is 1. The van der Waals surface area contributed by atoms with E-state index in [-0.39, 0.29) is 5.78 Å². The van der Waals surface area contributed by atoms with Gasteiger partial charge in [-0.05, 0) is 37.3 Å². The second-order valence-corrected chi connectivity index (χ2v) is 7.58. The molecule has 0 bridgehead atoms. The third kappa shape index (κ3) is 2.01. The Labute approximate surface area is 148 Å². The summed E-state index contributed by atoms with van der Waals surface area (Å²) in [6.45, 7) is 2.49. The Balaban J connectivity index is 1.67. The van der Waals surface area contributed by atoms with Crippen molar-refractivity contribution in [3.05, 3.63) is 53.7 Å². The number of Topliss-reactive ketones (excluding diaryl/α,β-unsaturated/α-hetero) is 1. The zero-order valence-corrected chi connectivity index (χ0v) is 14.4. The first-order valence-corrected chi connectivity index (χ1v) is 8.97. The number of fused-ring (bicyclic) bond motifs is 3. The van der Waals surface area contributed by atoms with Crippen LogP contribution in [0.2, 0.25) is 0 Å². The Kier molecular flexibility index (Phi) is 2.93. The van der Waals surface area contributed by atoms with Crippen molar-refractivity contribution in [2.24, 2.45) is 4.99 Å². The molecule has 5 nitrogen and oxygen atoms in total. The lowest BCUT2D eigenvalue weighted by Gasteiger charge is -2.29. The molecule has 0 spiro atoms. The van der Waals surface area contributed by atoms with Gasteiger partial charge in [0.25, 0.3) is 0 Å². The minimum Gasteiger partial charge on any atom is -0.374 e. The van der Waals surface area contributed by atoms with E-state index in [9.17, 15) is 9.90 Å². The first-order chi connectivity index (χ1) is 12.1. The molecule has 2 aromatic heterocycles. The molecule has 5 rings (SSSR count). The van der Waals surface area contributed by atoms with Crippen molar-refractivity contribution in [3.63, 3.8) is 0 Å². The van der Waals surface area contributed by atoms with Crippen molar-refractivity contribution in [2.75, 3.05) is 11.4 Å². The Morgan fingerprint density at radius 2 is 2.16 bits per heavy atom. The molecule has 0 saturated carbocycles. The zero-order chi connectivity index (χ0) is 17.2. The van der Waals surface area contributed by atoms with E-state index in [1.54, 1.807) is 17.5 Å². The van der Waals surface area contributed by atoms with Crippen LogP contribution in [-0.2, 0) is 0 Å². The predicted octanol–water partition coefficient (Wildman–Crippen LogP) is 3.47. The molecule has 124 valence electrons. The highest BCUT2D eigenvalue weighted by Crippen LogP contribution is 2.42. The van der Waals surface area contributed by atoms with E-state index in [4.69, 9.17) is 0 Å². The molecule has 1 aromatic carbocycles. The van der Waals surface area contributed by atoms with Gasteiger partial charge in [0, 0.05) is 24.7 Å². The summed E-state index contributed by atoms with van der Waals surface area (Å²) >= 11 is 1.59. The fourth-order valence-electron chi connectivity index (χ4n) is 3.55. The SMILES string of the molecule is Cc1ccc2c(c1)C(=O)[C@]1(O)CCN(c3cc4ncccc4s3)C1=N2. The topological polar surface area (TPSA) is 65.8 Å². The smallest absolute Gasteiger partial charge is 0.204 e. The number of aryl methyl sites for hydroxylation is 1. The van der Waals surface area contributed by atoms with Gasteiger partial charge in [-0.3, -0.25) is 9.78 Å². The zero-order valence-electron chi connectivity index (χ0n) is 13.6. The molecule has 0 unspecified atom stereocenters.